The summed E-state index contributed by atoms with van der Waals surface area (Å²) in [6, 6.07) is 7.71. The molecule has 112 valence electrons. The highest BCUT2D eigenvalue weighted by molar-refractivity contribution is 6.12. The average molecular weight is 294 g/mol. The first-order valence-corrected chi connectivity index (χ1v) is 7.66. The van der Waals surface area contributed by atoms with Crippen LogP contribution >= 0.6 is 0 Å². The quantitative estimate of drug-likeness (QED) is 0.763. The van der Waals surface area contributed by atoms with E-state index < -0.39 is 0 Å². The molecule has 2 N–H and O–H groups in total. The Bertz CT molecular complexity index is 859. The molecule has 1 aliphatic rings. The first-order valence-electron chi connectivity index (χ1n) is 7.66. The number of para-hydroxylation sites is 1. The van der Waals surface area contributed by atoms with Crippen LogP contribution in [0.15, 0.2) is 30.5 Å². The number of carbonyl (C=O) groups excluding carboxylic acids is 1. The number of aryl methyl sites for hydroxylation is 3. The highest BCUT2D eigenvalue weighted by atomic mass is 16.1. The molecule has 0 unspecified atom stereocenters. The van der Waals surface area contributed by atoms with Crippen LogP contribution in [-0.2, 0) is 19.9 Å². The molecule has 1 amide bonds. The molecule has 0 aliphatic heterocycles. The van der Waals surface area contributed by atoms with E-state index in [2.05, 4.69) is 21.5 Å². The molecule has 1 aliphatic carbocycles. The fourth-order valence-corrected chi connectivity index (χ4v) is 3.28. The normalized spacial score (nSPS) is 14.0. The van der Waals surface area contributed by atoms with Gasteiger partial charge in [0.2, 0.25) is 0 Å². The molecule has 2 heterocycles. The lowest BCUT2D eigenvalue weighted by molar-refractivity contribution is 0.102. The van der Waals surface area contributed by atoms with Crippen LogP contribution in [-0.4, -0.2) is 20.7 Å². The van der Waals surface area contributed by atoms with Crippen molar-refractivity contribution in [1.29, 1.82) is 0 Å². The predicted octanol–water partition coefficient (Wildman–Crippen LogP) is 3.03. The van der Waals surface area contributed by atoms with Crippen LogP contribution in [0.1, 0.15) is 34.5 Å². The summed E-state index contributed by atoms with van der Waals surface area (Å²) in [7, 11) is 1.83. The van der Waals surface area contributed by atoms with Gasteiger partial charge in [0.15, 0.2) is 5.82 Å². The van der Waals surface area contributed by atoms with E-state index in [1.54, 1.807) is 10.7 Å². The summed E-state index contributed by atoms with van der Waals surface area (Å²) in [6.45, 7) is 0. The van der Waals surface area contributed by atoms with Crippen LogP contribution in [0.5, 0.6) is 0 Å². The molecular formula is C17H18N4O. The molecule has 4 rings (SSSR count). The molecule has 2 aromatic heterocycles. The number of H-pyrrole nitrogens is 1. The number of aromatic amines is 1. The number of fused-ring (bicyclic) bond motifs is 3. The van der Waals surface area contributed by atoms with Crippen LogP contribution < -0.4 is 5.32 Å². The number of hydrogen-bond acceptors (Lipinski definition) is 2. The van der Waals surface area contributed by atoms with Gasteiger partial charge in [0.25, 0.3) is 5.91 Å². The van der Waals surface area contributed by atoms with Gasteiger partial charge < -0.3 is 10.3 Å². The van der Waals surface area contributed by atoms with E-state index in [4.69, 9.17) is 0 Å². The number of aromatic nitrogens is 3. The topological polar surface area (TPSA) is 62.7 Å². The summed E-state index contributed by atoms with van der Waals surface area (Å²) in [5.41, 5.74) is 4.30. The van der Waals surface area contributed by atoms with Crippen LogP contribution in [0.3, 0.4) is 0 Å². The second-order valence-corrected chi connectivity index (χ2v) is 5.85. The maximum atomic E-state index is 12.6. The second-order valence-electron chi connectivity index (χ2n) is 5.85. The molecule has 0 fully saturated rings. The number of nitrogens with one attached hydrogen (secondary N) is 2. The molecule has 0 saturated heterocycles. The minimum Gasteiger partial charge on any atom is -0.358 e. The number of carbonyl (C=O) groups is 1. The summed E-state index contributed by atoms with van der Waals surface area (Å²) < 4.78 is 1.67. The summed E-state index contributed by atoms with van der Waals surface area (Å²) >= 11 is 0. The lowest BCUT2D eigenvalue weighted by atomic mass is 9.95. The number of benzene rings is 1. The van der Waals surface area contributed by atoms with Gasteiger partial charge in [-0.1, -0.05) is 12.1 Å². The van der Waals surface area contributed by atoms with Crippen LogP contribution in [0.2, 0.25) is 0 Å². The molecule has 0 atom stereocenters. The molecular weight excluding hydrogens is 276 g/mol. The van der Waals surface area contributed by atoms with E-state index in [1.165, 1.54) is 29.5 Å². The van der Waals surface area contributed by atoms with Crippen molar-refractivity contribution in [2.45, 2.75) is 25.7 Å². The highest BCUT2D eigenvalue weighted by Crippen LogP contribution is 2.30. The zero-order chi connectivity index (χ0) is 15.1. The summed E-state index contributed by atoms with van der Waals surface area (Å²) in [5.74, 6) is 0.448. The maximum absolute atomic E-state index is 12.6. The third-order valence-corrected chi connectivity index (χ3v) is 4.33. The molecule has 3 aromatic rings. The number of hydrogen-bond donors (Lipinski definition) is 2. The van der Waals surface area contributed by atoms with Gasteiger partial charge in [-0.3, -0.25) is 9.48 Å². The Labute approximate surface area is 128 Å². The number of anilines is 1. The monoisotopic (exact) mass is 294 g/mol. The van der Waals surface area contributed by atoms with Crippen LogP contribution in [0.25, 0.3) is 10.9 Å². The lowest BCUT2D eigenvalue weighted by Crippen LogP contribution is -2.13. The van der Waals surface area contributed by atoms with Crippen molar-refractivity contribution >= 4 is 22.6 Å². The SMILES string of the molecule is Cn1ccc(NC(=O)c2cccc3c4c([nH]c23)CCCC4)n1. The molecule has 0 saturated carbocycles. The van der Waals surface area contributed by atoms with Gasteiger partial charge in [-0.2, -0.15) is 5.10 Å². The zero-order valence-corrected chi connectivity index (χ0v) is 12.5. The Morgan fingerprint density at radius 3 is 2.95 bits per heavy atom. The predicted molar refractivity (Wildman–Crippen MR) is 86.1 cm³/mol. The Morgan fingerprint density at radius 1 is 1.27 bits per heavy atom. The van der Waals surface area contributed by atoms with E-state index in [9.17, 15) is 4.79 Å². The van der Waals surface area contributed by atoms with Gasteiger partial charge in [-0.05, 0) is 37.3 Å². The Hall–Kier alpha value is -2.56. The van der Waals surface area contributed by atoms with Crippen molar-refractivity contribution in [3.8, 4) is 0 Å². The van der Waals surface area contributed by atoms with E-state index in [-0.39, 0.29) is 5.91 Å². The van der Waals surface area contributed by atoms with Crippen LogP contribution in [0.4, 0.5) is 5.82 Å². The fourth-order valence-electron chi connectivity index (χ4n) is 3.28. The van der Waals surface area contributed by atoms with Gasteiger partial charge in [0, 0.05) is 30.4 Å². The van der Waals surface area contributed by atoms with Gasteiger partial charge in [-0.15, -0.1) is 0 Å². The second kappa shape index (κ2) is 5.02. The van der Waals surface area contributed by atoms with Crippen LogP contribution in [0, 0.1) is 0 Å². The summed E-state index contributed by atoms with van der Waals surface area (Å²) in [5, 5.41) is 8.24. The molecule has 0 spiro atoms. The van der Waals surface area contributed by atoms with E-state index in [0.717, 1.165) is 18.4 Å². The van der Waals surface area contributed by atoms with E-state index in [0.29, 0.717) is 11.4 Å². The molecule has 22 heavy (non-hydrogen) atoms. The lowest BCUT2D eigenvalue weighted by Gasteiger charge is -2.10. The first kappa shape index (κ1) is 13.1. The van der Waals surface area contributed by atoms with Gasteiger partial charge in [-0.25, -0.2) is 0 Å². The molecule has 0 radical (unpaired) electrons. The fraction of sp³-hybridized carbons (Fsp3) is 0.294. The van der Waals surface area contributed by atoms with E-state index >= 15 is 0 Å². The smallest absolute Gasteiger partial charge is 0.258 e. The van der Waals surface area contributed by atoms with Crippen molar-refractivity contribution in [1.82, 2.24) is 14.8 Å². The Kier molecular flexibility index (Phi) is 2.99. The summed E-state index contributed by atoms with van der Waals surface area (Å²) in [6.07, 6.45) is 6.43. The molecule has 1 aromatic carbocycles. The minimum absolute atomic E-state index is 0.122. The van der Waals surface area contributed by atoms with Crippen molar-refractivity contribution in [2.24, 2.45) is 7.05 Å². The Balaban J connectivity index is 1.75. The van der Waals surface area contributed by atoms with Gasteiger partial charge >= 0.3 is 0 Å². The standard InChI is InChI=1S/C17H18N4O/c1-21-10-9-15(20-21)19-17(22)13-7-4-6-12-11-5-2-3-8-14(11)18-16(12)13/h4,6-7,9-10,18H,2-3,5,8H2,1H3,(H,19,20,22). The van der Waals surface area contributed by atoms with E-state index in [1.807, 2.05) is 25.4 Å². The summed E-state index contributed by atoms with van der Waals surface area (Å²) in [4.78, 5) is 16.0. The van der Waals surface area contributed by atoms with Crippen molar-refractivity contribution in [2.75, 3.05) is 5.32 Å². The number of nitrogens with zero attached hydrogens (tertiary/aromatic N) is 2. The molecule has 5 nitrogen and oxygen atoms in total. The third-order valence-electron chi connectivity index (χ3n) is 4.33. The van der Waals surface area contributed by atoms with Gasteiger partial charge in [0.1, 0.15) is 0 Å². The van der Waals surface area contributed by atoms with Gasteiger partial charge in [0.05, 0.1) is 11.1 Å². The zero-order valence-electron chi connectivity index (χ0n) is 12.5. The molecule has 5 heteroatoms. The largest absolute Gasteiger partial charge is 0.358 e. The van der Waals surface area contributed by atoms with Crippen molar-refractivity contribution < 1.29 is 4.79 Å². The van der Waals surface area contributed by atoms with Crippen molar-refractivity contribution in [3.05, 3.63) is 47.3 Å². The highest BCUT2D eigenvalue weighted by Gasteiger charge is 2.19. The maximum Gasteiger partial charge on any atom is 0.258 e. The van der Waals surface area contributed by atoms with Crippen molar-refractivity contribution in [3.63, 3.8) is 0 Å². The molecule has 0 bridgehead atoms. The third kappa shape index (κ3) is 2.09. The minimum atomic E-state index is -0.122. The first-order chi connectivity index (χ1) is 10.7. The number of rotatable bonds is 2. The Morgan fingerprint density at radius 2 is 2.14 bits per heavy atom. The average Bonchev–Trinajstić information content (AvgIpc) is 3.10. The number of amides is 1.